The maximum atomic E-state index is 11.7. The summed E-state index contributed by atoms with van der Waals surface area (Å²) in [6.07, 6.45) is 0. The zero-order valence-corrected chi connectivity index (χ0v) is 13.6. The van der Waals surface area contributed by atoms with Crippen molar-refractivity contribution in [3.05, 3.63) is 69.7 Å². The number of amidine groups is 1. The van der Waals surface area contributed by atoms with E-state index in [2.05, 4.69) is 10.5 Å². The first-order chi connectivity index (χ1) is 11.0. The third-order valence-corrected chi connectivity index (χ3v) is 3.37. The average molecular weight is 352 g/mol. The van der Waals surface area contributed by atoms with E-state index < -0.39 is 0 Å². The fraction of sp³-hybridized carbons (Fsp3) is 0.125. The molecule has 2 aromatic carbocycles. The number of benzene rings is 2. The second kappa shape index (κ2) is 8.41. The van der Waals surface area contributed by atoms with Gasteiger partial charge in [-0.1, -0.05) is 52.6 Å². The molecule has 0 unspecified atom stereocenters. The molecule has 0 heterocycles. The second-order valence-corrected chi connectivity index (χ2v) is 5.54. The average Bonchev–Trinajstić information content (AvgIpc) is 2.54. The van der Waals surface area contributed by atoms with Crippen molar-refractivity contribution in [2.24, 2.45) is 10.9 Å². The summed E-state index contributed by atoms with van der Waals surface area (Å²) < 4.78 is 0. The number of carbonyl (C=O) groups is 1. The third-order valence-electron chi connectivity index (χ3n) is 2.88. The van der Waals surface area contributed by atoms with Gasteiger partial charge in [-0.25, -0.2) is 0 Å². The smallest absolute Gasteiger partial charge is 0.261 e. The van der Waals surface area contributed by atoms with Gasteiger partial charge in [-0.2, -0.15) is 0 Å². The molecule has 0 atom stereocenters. The summed E-state index contributed by atoms with van der Waals surface area (Å²) in [6.45, 7) is 0.154. The van der Waals surface area contributed by atoms with Crippen molar-refractivity contribution < 1.29 is 9.63 Å². The highest BCUT2D eigenvalue weighted by Gasteiger charge is 2.03. The highest BCUT2D eigenvalue weighted by Crippen LogP contribution is 2.10. The zero-order valence-electron chi connectivity index (χ0n) is 12.1. The molecule has 120 valence electrons. The van der Waals surface area contributed by atoms with Crippen LogP contribution in [0.1, 0.15) is 11.1 Å². The molecule has 7 heteroatoms. The molecule has 1 amide bonds. The Morgan fingerprint density at radius 2 is 1.87 bits per heavy atom. The van der Waals surface area contributed by atoms with Crippen LogP contribution in [0.4, 0.5) is 0 Å². The molecule has 0 aromatic heterocycles. The van der Waals surface area contributed by atoms with Gasteiger partial charge in [0.15, 0.2) is 12.4 Å². The molecule has 5 nitrogen and oxygen atoms in total. The van der Waals surface area contributed by atoms with Crippen LogP contribution in [-0.2, 0) is 16.2 Å². The standard InChI is InChI=1S/C16H15Cl2N3O2/c17-13-6-4-11(5-7-13)9-20-15(22)10-23-21-16(19)12-2-1-3-14(18)8-12/h1-8H,9-10H2,(H2,19,21)(H,20,22). The molecule has 2 aromatic rings. The number of nitrogens with two attached hydrogens (primary N) is 1. The summed E-state index contributed by atoms with van der Waals surface area (Å²) in [5, 5.41) is 7.59. The number of amides is 1. The summed E-state index contributed by atoms with van der Waals surface area (Å²) in [5.41, 5.74) is 7.31. The number of nitrogens with zero attached hydrogens (tertiary/aromatic N) is 1. The van der Waals surface area contributed by atoms with E-state index >= 15 is 0 Å². The van der Waals surface area contributed by atoms with Crippen LogP contribution in [0.15, 0.2) is 53.7 Å². The van der Waals surface area contributed by atoms with Gasteiger partial charge in [-0.05, 0) is 29.8 Å². The van der Waals surface area contributed by atoms with Gasteiger partial charge in [0.25, 0.3) is 5.91 Å². The van der Waals surface area contributed by atoms with Gasteiger partial charge >= 0.3 is 0 Å². The maximum Gasteiger partial charge on any atom is 0.261 e. The Balaban J connectivity index is 1.77. The number of halogens is 2. The van der Waals surface area contributed by atoms with E-state index in [-0.39, 0.29) is 18.3 Å². The molecule has 23 heavy (non-hydrogen) atoms. The number of nitrogens with one attached hydrogen (secondary N) is 1. The SMILES string of the molecule is N/C(=N/OCC(=O)NCc1ccc(Cl)cc1)c1cccc(Cl)c1. The Bertz CT molecular complexity index is 703. The molecular weight excluding hydrogens is 337 g/mol. The number of carbonyl (C=O) groups excluding carboxylic acids is 1. The number of hydrogen-bond donors (Lipinski definition) is 2. The fourth-order valence-corrected chi connectivity index (χ4v) is 2.03. The Labute approximate surface area is 144 Å². The van der Waals surface area contributed by atoms with Crippen LogP contribution in [-0.4, -0.2) is 18.3 Å². The Morgan fingerprint density at radius 1 is 1.13 bits per heavy atom. The van der Waals surface area contributed by atoms with E-state index in [1.165, 1.54) is 0 Å². The van der Waals surface area contributed by atoms with Gasteiger partial charge in [-0.15, -0.1) is 0 Å². The summed E-state index contributed by atoms with van der Waals surface area (Å²) in [5.74, 6) is -0.152. The summed E-state index contributed by atoms with van der Waals surface area (Å²) in [4.78, 5) is 16.6. The number of rotatable bonds is 6. The van der Waals surface area contributed by atoms with Gasteiger partial charge in [0, 0.05) is 22.2 Å². The number of oxime groups is 1. The summed E-state index contributed by atoms with van der Waals surface area (Å²) >= 11 is 11.6. The Kier molecular flexibility index (Phi) is 6.26. The predicted octanol–water partition coefficient (Wildman–Crippen LogP) is 2.95. The van der Waals surface area contributed by atoms with Crippen LogP contribution >= 0.6 is 23.2 Å². The van der Waals surface area contributed by atoms with Gasteiger partial charge < -0.3 is 15.9 Å². The lowest BCUT2D eigenvalue weighted by atomic mass is 10.2. The molecule has 2 rings (SSSR count). The topological polar surface area (TPSA) is 76.7 Å². The second-order valence-electron chi connectivity index (χ2n) is 4.66. The van der Waals surface area contributed by atoms with E-state index in [1.54, 1.807) is 36.4 Å². The first-order valence-electron chi connectivity index (χ1n) is 6.77. The fourth-order valence-electron chi connectivity index (χ4n) is 1.71. The van der Waals surface area contributed by atoms with Crippen LogP contribution in [0.25, 0.3) is 0 Å². The first-order valence-corrected chi connectivity index (χ1v) is 7.52. The summed E-state index contributed by atoms with van der Waals surface area (Å²) in [6, 6.07) is 14.1. The van der Waals surface area contributed by atoms with E-state index in [9.17, 15) is 4.79 Å². The maximum absolute atomic E-state index is 11.7. The van der Waals surface area contributed by atoms with Gasteiger partial charge in [0.1, 0.15) is 0 Å². The van der Waals surface area contributed by atoms with Crippen LogP contribution < -0.4 is 11.1 Å². The molecule has 0 saturated carbocycles. The molecule has 0 radical (unpaired) electrons. The minimum Gasteiger partial charge on any atom is -0.384 e. The quantitative estimate of drug-likeness (QED) is 0.477. The normalized spacial score (nSPS) is 11.1. The van der Waals surface area contributed by atoms with E-state index in [1.807, 2.05) is 12.1 Å². The highest BCUT2D eigenvalue weighted by molar-refractivity contribution is 6.31. The molecule has 0 spiro atoms. The Hall–Kier alpha value is -2.24. The van der Waals surface area contributed by atoms with Crippen molar-refractivity contribution >= 4 is 34.9 Å². The minimum absolute atomic E-state index is 0.151. The molecule has 0 aliphatic heterocycles. The van der Waals surface area contributed by atoms with Crippen LogP contribution in [0.3, 0.4) is 0 Å². The summed E-state index contributed by atoms with van der Waals surface area (Å²) in [7, 11) is 0. The van der Waals surface area contributed by atoms with E-state index in [0.29, 0.717) is 22.2 Å². The van der Waals surface area contributed by atoms with Gasteiger partial charge in [-0.3, -0.25) is 4.79 Å². The Morgan fingerprint density at radius 3 is 2.57 bits per heavy atom. The van der Waals surface area contributed by atoms with Crippen LogP contribution in [0, 0.1) is 0 Å². The largest absolute Gasteiger partial charge is 0.384 e. The molecule has 0 aliphatic carbocycles. The monoisotopic (exact) mass is 351 g/mol. The molecule has 0 saturated heterocycles. The van der Waals surface area contributed by atoms with Gasteiger partial charge in [0.05, 0.1) is 0 Å². The predicted molar refractivity (Wildman–Crippen MR) is 91.4 cm³/mol. The van der Waals surface area contributed by atoms with Crippen molar-refractivity contribution in [1.82, 2.24) is 5.32 Å². The zero-order chi connectivity index (χ0) is 16.7. The number of hydrogen-bond acceptors (Lipinski definition) is 3. The highest BCUT2D eigenvalue weighted by atomic mass is 35.5. The lowest BCUT2D eigenvalue weighted by molar-refractivity contribution is -0.125. The first kappa shape index (κ1) is 17.1. The molecule has 0 bridgehead atoms. The van der Waals surface area contributed by atoms with E-state index in [4.69, 9.17) is 33.8 Å². The molecule has 0 aliphatic rings. The van der Waals surface area contributed by atoms with Crippen molar-refractivity contribution in [1.29, 1.82) is 0 Å². The third kappa shape index (κ3) is 5.81. The van der Waals surface area contributed by atoms with Crippen LogP contribution in [0.5, 0.6) is 0 Å². The van der Waals surface area contributed by atoms with Crippen molar-refractivity contribution in [2.45, 2.75) is 6.54 Å². The van der Waals surface area contributed by atoms with E-state index in [0.717, 1.165) is 5.56 Å². The van der Waals surface area contributed by atoms with Crippen molar-refractivity contribution in [2.75, 3.05) is 6.61 Å². The lowest BCUT2D eigenvalue weighted by Crippen LogP contribution is -2.27. The molecule has 0 fully saturated rings. The molecular formula is C16H15Cl2N3O2. The van der Waals surface area contributed by atoms with Crippen LogP contribution in [0.2, 0.25) is 10.0 Å². The lowest BCUT2D eigenvalue weighted by Gasteiger charge is -2.05. The van der Waals surface area contributed by atoms with Crippen molar-refractivity contribution in [3.8, 4) is 0 Å². The van der Waals surface area contributed by atoms with Crippen molar-refractivity contribution in [3.63, 3.8) is 0 Å². The van der Waals surface area contributed by atoms with Gasteiger partial charge in [0.2, 0.25) is 0 Å². The molecule has 3 N–H and O–H groups in total. The minimum atomic E-state index is -0.303.